The Morgan fingerprint density at radius 1 is 1.55 bits per heavy atom. The van der Waals surface area contributed by atoms with Gasteiger partial charge in [-0.2, -0.15) is 0 Å². The van der Waals surface area contributed by atoms with Crippen LogP contribution < -0.4 is 5.32 Å². The fourth-order valence-electron chi connectivity index (χ4n) is 1.86. The summed E-state index contributed by atoms with van der Waals surface area (Å²) < 4.78 is 5.04. The number of nitrogens with one attached hydrogen (secondary N) is 1. The lowest BCUT2D eigenvalue weighted by Crippen LogP contribution is -2.38. The van der Waals surface area contributed by atoms with E-state index in [4.69, 9.17) is 4.74 Å². The molecule has 1 N–H and O–H groups in total. The van der Waals surface area contributed by atoms with Crippen molar-refractivity contribution in [2.45, 2.75) is 19.4 Å². The Kier molecular flexibility index (Phi) is 6.60. The molecule has 0 saturated heterocycles. The van der Waals surface area contributed by atoms with Gasteiger partial charge in [-0.25, -0.2) is 0 Å². The van der Waals surface area contributed by atoms with Crippen LogP contribution in [0.5, 0.6) is 0 Å². The normalized spacial score (nSPS) is 11.9. The number of rotatable bonds is 7. The molecule has 1 atom stereocenters. The molecule has 110 valence electrons. The monoisotopic (exact) mass is 344 g/mol. The van der Waals surface area contributed by atoms with Gasteiger partial charge in [-0.3, -0.25) is 14.9 Å². The van der Waals surface area contributed by atoms with Crippen LogP contribution in [-0.4, -0.2) is 35.9 Å². The minimum absolute atomic E-state index is 0.0542. The van der Waals surface area contributed by atoms with Gasteiger partial charge >= 0.3 is 0 Å². The number of nitro benzene ring substituents is 1. The third-order valence-corrected chi connectivity index (χ3v) is 3.37. The minimum atomic E-state index is -0.489. The second-order valence-corrected chi connectivity index (χ2v) is 5.10. The first-order valence-corrected chi connectivity index (χ1v) is 7.23. The summed E-state index contributed by atoms with van der Waals surface area (Å²) in [6.45, 7) is 1.97. The smallest absolute Gasteiger partial charge is 0.273 e. The lowest BCUT2D eigenvalue weighted by atomic mass is 10.1. The number of nitrogens with zero attached hydrogens (tertiary/aromatic N) is 1. The van der Waals surface area contributed by atoms with E-state index in [0.717, 1.165) is 5.33 Å². The van der Waals surface area contributed by atoms with Crippen molar-refractivity contribution in [1.29, 1.82) is 0 Å². The van der Waals surface area contributed by atoms with E-state index in [0.29, 0.717) is 24.2 Å². The molecule has 7 heteroatoms. The molecule has 0 saturated carbocycles. The third-order valence-electron chi connectivity index (χ3n) is 2.91. The van der Waals surface area contributed by atoms with Crippen LogP contribution in [0.1, 0.15) is 22.3 Å². The van der Waals surface area contributed by atoms with Crippen LogP contribution in [0.25, 0.3) is 0 Å². The Labute approximate surface area is 125 Å². The summed E-state index contributed by atoms with van der Waals surface area (Å²) in [6.07, 6.45) is 0.716. The minimum Gasteiger partial charge on any atom is -0.383 e. The Morgan fingerprint density at radius 3 is 2.80 bits per heavy atom. The highest BCUT2D eigenvalue weighted by atomic mass is 79.9. The van der Waals surface area contributed by atoms with Crippen molar-refractivity contribution in [3.05, 3.63) is 39.4 Å². The first-order valence-electron chi connectivity index (χ1n) is 6.11. The van der Waals surface area contributed by atoms with Crippen molar-refractivity contribution in [3.8, 4) is 0 Å². The molecule has 0 fully saturated rings. The molecule has 6 nitrogen and oxygen atoms in total. The largest absolute Gasteiger partial charge is 0.383 e. The van der Waals surface area contributed by atoms with E-state index >= 15 is 0 Å². The number of benzene rings is 1. The number of hydrogen-bond acceptors (Lipinski definition) is 4. The molecule has 1 aromatic carbocycles. The van der Waals surface area contributed by atoms with Gasteiger partial charge in [0.1, 0.15) is 0 Å². The summed E-state index contributed by atoms with van der Waals surface area (Å²) in [5.74, 6) is -0.325. The Balaban J connectivity index is 2.91. The van der Waals surface area contributed by atoms with Crippen LogP contribution in [-0.2, 0) is 4.74 Å². The first-order chi connectivity index (χ1) is 9.51. The first kappa shape index (κ1) is 16.6. The lowest BCUT2D eigenvalue weighted by Gasteiger charge is -2.17. The second kappa shape index (κ2) is 7.96. The number of nitro groups is 1. The van der Waals surface area contributed by atoms with E-state index in [1.54, 1.807) is 20.1 Å². The number of halogens is 1. The molecule has 1 unspecified atom stereocenters. The Bertz CT molecular complexity index is 487. The van der Waals surface area contributed by atoms with Crippen LogP contribution in [0, 0.1) is 17.0 Å². The van der Waals surface area contributed by atoms with E-state index in [1.807, 2.05) is 0 Å². The van der Waals surface area contributed by atoms with Gasteiger partial charge in [-0.15, -0.1) is 0 Å². The van der Waals surface area contributed by atoms with E-state index in [-0.39, 0.29) is 17.6 Å². The maximum absolute atomic E-state index is 12.2. The molecular formula is C13H17BrN2O4. The van der Waals surface area contributed by atoms with Gasteiger partial charge in [0.2, 0.25) is 0 Å². The quantitative estimate of drug-likeness (QED) is 0.468. The van der Waals surface area contributed by atoms with Gasteiger partial charge in [0.25, 0.3) is 11.6 Å². The van der Waals surface area contributed by atoms with E-state index in [2.05, 4.69) is 21.2 Å². The average Bonchev–Trinajstić information content (AvgIpc) is 2.39. The number of carbonyl (C=O) groups is 1. The number of ether oxygens (including phenoxy) is 1. The maximum atomic E-state index is 12.2. The molecule has 0 aromatic heterocycles. The van der Waals surface area contributed by atoms with Gasteiger partial charge in [0, 0.05) is 29.6 Å². The molecular weight excluding hydrogens is 328 g/mol. The molecule has 0 aliphatic rings. The van der Waals surface area contributed by atoms with Crippen molar-refractivity contribution in [2.24, 2.45) is 0 Å². The molecule has 1 aromatic rings. The van der Waals surface area contributed by atoms with E-state index < -0.39 is 4.92 Å². The molecule has 0 spiro atoms. The van der Waals surface area contributed by atoms with Gasteiger partial charge in [-0.1, -0.05) is 22.0 Å². The molecule has 0 aliphatic heterocycles. The van der Waals surface area contributed by atoms with Crippen LogP contribution in [0.2, 0.25) is 0 Å². The van der Waals surface area contributed by atoms with Gasteiger partial charge < -0.3 is 10.1 Å². The summed E-state index contributed by atoms with van der Waals surface area (Å²) in [7, 11) is 1.56. The van der Waals surface area contributed by atoms with E-state index in [9.17, 15) is 14.9 Å². The highest BCUT2D eigenvalue weighted by Crippen LogP contribution is 2.21. The van der Waals surface area contributed by atoms with Gasteiger partial charge in [-0.05, 0) is 19.4 Å². The van der Waals surface area contributed by atoms with Gasteiger partial charge in [0.05, 0.1) is 17.6 Å². The van der Waals surface area contributed by atoms with Crippen LogP contribution in [0.4, 0.5) is 5.69 Å². The molecule has 20 heavy (non-hydrogen) atoms. The molecule has 0 heterocycles. The fourth-order valence-corrected chi connectivity index (χ4v) is 2.41. The number of alkyl halides is 1. The van der Waals surface area contributed by atoms with Crippen molar-refractivity contribution >= 4 is 27.5 Å². The Hall–Kier alpha value is -1.47. The molecule has 0 bridgehead atoms. The average molecular weight is 345 g/mol. The third kappa shape index (κ3) is 4.28. The van der Waals surface area contributed by atoms with E-state index in [1.165, 1.54) is 12.1 Å². The van der Waals surface area contributed by atoms with Crippen molar-refractivity contribution in [1.82, 2.24) is 5.32 Å². The predicted octanol–water partition coefficient (Wildman–Crippen LogP) is 2.43. The zero-order chi connectivity index (χ0) is 15.1. The number of carbonyl (C=O) groups excluding carboxylic acids is 1. The number of amides is 1. The Morgan fingerprint density at radius 2 is 2.25 bits per heavy atom. The zero-order valence-corrected chi connectivity index (χ0v) is 13.0. The topological polar surface area (TPSA) is 81.5 Å². The zero-order valence-electron chi connectivity index (χ0n) is 11.4. The summed E-state index contributed by atoms with van der Waals surface area (Å²) in [5, 5.41) is 14.4. The second-order valence-electron chi connectivity index (χ2n) is 4.31. The lowest BCUT2D eigenvalue weighted by molar-refractivity contribution is -0.385. The van der Waals surface area contributed by atoms with Crippen LogP contribution in [0.3, 0.4) is 0 Å². The molecule has 1 amide bonds. The SMILES string of the molecule is COCC(CCBr)NC(=O)c1cccc([N+](=O)[O-])c1C. The maximum Gasteiger partial charge on any atom is 0.273 e. The van der Waals surface area contributed by atoms with Crippen molar-refractivity contribution in [2.75, 3.05) is 19.0 Å². The molecule has 0 radical (unpaired) electrons. The van der Waals surface area contributed by atoms with Crippen LogP contribution in [0.15, 0.2) is 18.2 Å². The van der Waals surface area contributed by atoms with Crippen LogP contribution >= 0.6 is 15.9 Å². The summed E-state index contributed by atoms with van der Waals surface area (Å²) in [4.78, 5) is 22.6. The number of methoxy groups -OCH3 is 1. The summed E-state index contributed by atoms with van der Waals surface area (Å²) in [5.41, 5.74) is 0.626. The fraction of sp³-hybridized carbons (Fsp3) is 0.462. The summed E-state index contributed by atoms with van der Waals surface area (Å²) >= 11 is 3.32. The molecule has 1 rings (SSSR count). The highest BCUT2D eigenvalue weighted by Gasteiger charge is 2.20. The molecule has 0 aliphatic carbocycles. The van der Waals surface area contributed by atoms with Crippen molar-refractivity contribution < 1.29 is 14.5 Å². The highest BCUT2D eigenvalue weighted by molar-refractivity contribution is 9.09. The van der Waals surface area contributed by atoms with Gasteiger partial charge in [0.15, 0.2) is 0 Å². The standard InChI is InChI=1S/C13H17BrN2O4/c1-9-11(4-3-5-12(9)16(18)19)13(17)15-10(6-7-14)8-20-2/h3-5,10H,6-8H2,1-2H3,(H,15,17). The van der Waals surface area contributed by atoms with Crippen molar-refractivity contribution in [3.63, 3.8) is 0 Å². The number of hydrogen-bond donors (Lipinski definition) is 1. The summed E-state index contributed by atoms with van der Waals surface area (Å²) in [6, 6.07) is 4.34. The predicted molar refractivity (Wildman–Crippen MR) is 79.4 cm³/mol.